The van der Waals surface area contributed by atoms with E-state index in [2.05, 4.69) is 211 Å². The Labute approximate surface area is 378 Å². The molecule has 3 nitrogen and oxygen atoms in total. The SMILES string of the molecule is COc1ccccc1-c1cccc(N(c2ccc(-c3cccc4c3oc3ccccc34)cc2)c2ccc3c(c2)C2(c4ccccc4-c4ccccc4-c4ccccc42)c2ccccc2-3)c1. The summed E-state index contributed by atoms with van der Waals surface area (Å²) in [6, 6.07) is 84.0. The summed E-state index contributed by atoms with van der Waals surface area (Å²) in [6.45, 7) is 0. The molecule has 306 valence electrons. The number of hydrogen-bond donors (Lipinski definition) is 0. The van der Waals surface area contributed by atoms with Gasteiger partial charge >= 0.3 is 0 Å². The molecule has 0 aliphatic heterocycles. The largest absolute Gasteiger partial charge is 0.496 e. The number of anilines is 3. The molecule has 2 aliphatic carbocycles. The average molecular weight is 832 g/mol. The van der Waals surface area contributed by atoms with E-state index < -0.39 is 5.41 Å². The molecule has 0 amide bonds. The molecule has 0 N–H and O–H groups in total. The van der Waals surface area contributed by atoms with Gasteiger partial charge in [0.25, 0.3) is 0 Å². The molecule has 0 saturated heterocycles. The van der Waals surface area contributed by atoms with E-state index in [9.17, 15) is 0 Å². The van der Waals surface area contributed by atoms with Crippen molar-refractivity contribution < 1.29 is 9.15 Å². The molecule has 0 atom stereocenters. The fraction of sp³-hybridized carbons (Fsp3) is 0.0323. The predicted octanol–water partition coefficient (Wildman–Crippen LogP) is 16.4. The van der Waals surface area contributed by atoms with Crippen molar-refractivity contribution in [2.45, 2.75) is 5.41 Å². The van der Waals surface area contributed by atoms with E-state index in [-0.39, 0.29) is 0 Å². The van der Waals surface area contributed by atoms with Crippen LogP contribution in [0.5, 0.6) is 5.75 Å². The maximum absolute atomic E-state index is 6.51. The lowest BCUT2D eigenvalue weighted by atomic mass is 9.66. The molecule has 1 spiro atoms. The Kier molecular flexibility index (Phi) is 8.34. The fourth-order valence-electron chi connectivity index (χ4n) is 11.1. The Bertz CT molecular complexity index is 3600. The van der Waals surface area contributed by atoms with Crippen LogP contribution in [-0.4, -0.2) is 7.11 Å². The molecule has 3 heteroatoms. The fourth-order valence-corrected chi connectivity index (χ4v) is 11.1. The second kappa shape index (κ2) is 14.6. The molecule has 1 heterocycles. The van der Waals surface area contributed by atoms with E-state index >= 15 is 0 Å². The van der Waals surface area contributed by atoms with Gasteiger partial charge in [-0.1, -0.05) is 182 Å². The van der Waals surface area contributed by atoms with Gasteiger partial charge in [-0.05, 0) is 115 Å². The minimum Gasteiger partial charge on any atom is -0.496 e. The number of ether oxygens (including phenoxy) is 1. The van der Waals surface area contributed by atoms with Crippen LogP contribution in [0.2, 0.25) is 0 Å². The highest BCUT2D eigenvalue weighted by atomic mass is 16.5. The zero-order valence-electron chi connectivity index (χ0n) is 35.7. The number of benzene rings is 10. The lowest BCUT2D eigenvalue weighted by Crippen LogP contribution is -2.29. The molecule has 0 fully saturated rings. The normalized spacial score (nSPS) is 12.8. The van der Waals surface area contributed by atoms with Crippen LogP contribution in [0.15, 0.2) is 235 Å². The van der Waals surface area contributed by atoms with E-state index in [1.165, 1.54) is 55.6 Å². The highest BCUT2D eigenvalue weighted by Crippen LogP contribution is 2.62. The predicted molar refractivity (Wildman–Crippen MR) is 268 cm³/mol. The number of methoxy groups -OCH3 is 1. The lowest BCUT2D eigenvalue weighted by molar-refractivity contribution is 0.416. The van der Waals surface area contributed by atoms with Crippen molar-refractivity contribution >= 4 is 39.0 Å². The van der Waals surface area contributed by atoms with E-state index in [1.807, 2.05) is 24.3 Å². The molecule has 0 unspecified atom stereocenters. The maximum Gasteiger partial charge on any atom is 0.143 e. The van der Waals surface area contributed by atoms with Crippen molar-refractivity contribution in [2.24, 2.45) is 0 Å². The van der Waals surface area contributed by atoms with Gasteiger partial charge < -0.3 is 14.1 Å². The quantitative estimate of drug-likeness (QED) is 0.167. The van der Waals surface area contributed by atoms with Crippen LogP contribution in [0.1, 0.15) is 22.3 Å². The summed E-state index contributed by atoms with van der Waals surface area (Å²) in [7, 11) is 1.74. The molecular formula is C62H41NO2. The topological polar surface area (TPSA) is 25.6 Å². The van der Waals surface area contributed by atoms with Crippen molar-refractivity contribution in [3.05, 3.63) is 253 Å². The molecule has 1 aromatic heterocycles. The minimum atomic E-state index is -0.603. The zero-order chi connectivity index (χ0) is 43.1. The first-order valence-corrected chi connectivity index (χ1v) is 22.3. The number of hydrogen-bond acceptors (Lipinski definition) is 3. The molecule has 65 heavy (non-hydrogen) atoms. The van der Waals surface area contributed by atoms with Crippen LogP contribution in [0.3, 0.4) is 0 Å². The van der Waals surface area contributed by atoms with Gasteiger partial charge in [-0.15, -0.1) is 0 Å². The van der Waals surface area contributed by atoms with Crippen molar-refractivity contribution in [1.29, 1.82) is 0 Å². The molecule has 0 bridgehead atoms. The van der Waals surface area contributed by atoms with E-state index in [0.717, 1.165) is 67.0 Å². The summed E-state index contributed by atoms with van der Waals surface area (Å²) in [5, 5.41) is 2.25. The summed E-state index contributed by atoms with van der Waals surface area (Å²) in [4.78, 5) is 2.41. The summed E-state index contributed by atoms with van der Waals surface area (Å²) < 4.78 is 12.4. The molecule has 0 radical (unpaired) electrons. The van der Waals surface area contributed by atoms with Crippen molar-refractivity contribution in [2.75, 3.05) is 12.0 Å². The molecule has 10 aromatic carbocycles. The number of rotatable bonds is 6. The van der Waals surface area contributed by atoms with Crippen molar-refractivity contribution in [1.82, 2.24) is 0 Å². The number of nitrogens with zero attached hydrogens (tertiary/aromatic N) is 1. The van der Waals surface area contributed by atoms with Gasteiger partial charge in [-0.25, -0.2) is 0 Å². The average Bonchev–Trinajstić information content (AvgIpc) is 3.87. The molecule has 11 aromatic rings. The van der Waals surface area contributed by atoms with Gasteiger partial charge in [-0.3, -0.25) is 0 Å². The second-order valence-corrected chi connectivity index (χ2v) is 17.1. The van der Waals surface area contributed by atoms with Crippen LogP contribution >= 0.6 is 0 Å². The smallest absolute Gasteiger partial charge is 0.143 e. The van der Waals surface area contributed by atoms with Crippen molar-refractivity contribution in [3.63, 3.8) is 0 Å². The Morgan fingerprint density at radius 3 is 1.55 bits per heavy atom. The Balaban J connectivity index is 1.05. The van der Waals surface area contributed by atoms with Crippen LogP contribution in [0.25, 0.3) is 77.6 Å². The summed E-state index contributed by atoms with van der Waals surface area (Å²) in [5.74, 6) is 0.837. The second-order valence-electron chi connectivity index (χ2n) is 17.1. The Hall–Kier alpha value is -8.40. The van der Waals surface area contributed by atoms with Gasteiger partial charge in [0, 0.05) is 39.0 Å². The standard InChI is InChI=1S/C62H41NO2/c1-64-59-30-12-7-18-45(59)41-16-14-17-43(38-41)63(42-34-32-40(33-35-42)46-25-15-26-54-53-24-8-13-31-60(53)65-61(46)54)44-36-37-52-51-23-6-11-29-57(51)62(58(52)39-44)55-27-9-4-21-49(55)47-19-2-3-20-48(47)50-22-5-10-28-56(50)62/h2-39H,1H3. The van der Waals surface area contributed by atoms with E-state index in [4.69, 9.17) is 9.15 Å². The third kappa shape index (κ3) is 5.49. The molecular weight excluding hydrogens is 791 g/mol. The highest BCUT2D eigenvalue weighted by molar-refractivity contribution is 6.09. The lowest BCUT2D eigenvalue weighted by Gasteiger charge is -2.36. The van der Waals surface area contributed by atoms with E-state index in [1.54, 1.807) is 7.11 Å². The third-order valence-electron chi connectivity index (χ3n) is 13.8. The first kappa shape index (κ1) is 37.2. The summed E-state index contributed by atoms with van der Waals surface area (Å²) in [5.41, 5.74) is 21.3. The highest BCUT2D eigenvalue weighted by Gasteiger charge is 2.49. The van der Waals surface area contributed by atoms with Crippen LogP contribution in [0, 0.1) is 0 Å². The van der Waals surface area contributed by atoms with Gasteiger partial charge in [-0.2, -0.15) is 0 Å². The number of para-hydroxylation sites is 3. The monoisotopic (exact) mass is 831 g/mol. The molecule has 13 rings (SSSR count). The molecule has 0 saturated carbocycles. The number of furan rings is 1. The first-order valence-electron chi connectivity index (χ1n) is 22.3. The van der Waals surface area contributed by atoms with Crippen LogP contribution < -0.4 is 9.64 Å². The van der Waals surface area contributed by atoms with Crippen LogP contribution in [0.4, 0.5) is 17.1 Å². The zero-order valence-corrected chi connectivity index (χ0v) is 35.7. The van der Waals surface area contributed by atoms with Crippen molar-refractivity contribution in [3.8, 4) is 61.4 Å². The van der Waals surface area contributed by atoms with Crippen LogP contribution in [-0.2, 0) is 5.41 Å². The Morgan fingerprint density at radius 1 is 0.354 bits per heavy atom. The third-order valence-corrected chi connectivity index (χ3v) is 13.8. The first-order chi connectivity index (χ1) is 32.2. The minimum absolute atomic E-state index is 0.603. The maximum atomic E-state index is 6.51. The van der Waals surface area contributed by atoms with Gasteiger partial charge in [0.15, 0.2) is 0 Å². The summed E-state index contributed by atoms with van der Waals surface area (Å²) in [6.07, 6.45) is 0. The van der Waals surface area contributed by atoms with Gasteiger partial charge in [0.2, 0.25) is 0 Å². The molecule has 2 aliphatic rings. The van der Waals surface area contributed by atoms with E-state index in [0.29, 0.717) is 0 Å². The van der Waals surface area contributed by atoms with Gasteiger partial charge in [0.1, 0.15) is 16.9 Å². The summed E-state index contributed by atoms with van der Waals surface area (Å²) >= 11 is 0. The number of fused-ring (bicyclic) bond motifs is 15. The Morgan fingerprint density at radius 2 is 0.862 bits per heavy atom. The van der Waals surface area contributed by atoms with Gasteiger partial charge in [0.05, 0.1) is 12.5 Å².